The number of fused-ring (bicyclic) bond motifs is 3. The van der Waals surface area contributed by atoms with Gasteiger partial charge in [-0.15, -0.1) is 0 Å². The van der Waals surface area contributed by atoms with E-state index < -0.39 is 0 Å². The van der Waals surface area contributed by atoms with Crippen LogP contribution in [0.4, 0.5) is 0 Å². The Kier molecular flexibility index (Phi) is 3.89. The fourth-order valence-electron chi connectivity index (χ4n) is 4.38. The SMILES string of the molecule is CC(=O)N1Cc2c(C)cccc2C2CN(Cc3ccccc3)CC21. The number of aryl methyl sites for hydroxylation is 1. The van der Waals surface area contributed by atoms with Crippen molar-refractivity contribution in [3.8, 4) is 0 Å². The molecule has 3 nitrogen and oxygen atoms in total. The molecule has 0 spiro atoms. The predicted molar refractivity (Wildman–Crippen MR) is 95.7 cm³/mol. The summed E-state index contributed by atoms with van der Waals surface area (Å²) in [6, 6.07) is 17.5. The summed E-state index contributed by atoms with van der Waals surface area (Å²) in [5.41, 5.74) is 5.46. The Morgan fingerprint density at radius 2 is 1.88 bits per heavy atom. The van der Waals surface area contributed by atoms with Gasteiger partial charge in [-0.1, -0.05) is 48.5 Å². The number of likely N-dealkylation sites (tertiary alicyclic amines) is 1. The fourth-order valence-corrected chi connectivity index (χ4v) is 4.38. The van der Waals surface area contributed by atoms with Gasteiger partial charge >= 0.3 is 0 Å². The Morgan fingerprint density at radius 3 is 2.62 bits per heavy atom. The van der Waals surface area contributed by atoms with Crippen LogP contribution in [0.2, 0.25) is 0 Å². The van der Waals surface area contributed by atoms with Gasteiger partial charge in [-0.05, 0) is 29.2 Å². The maximum atomic E-state index is 12.2. The molecule has 2 heterocycles. The molecule has 0 aliphatic carbocycles. The lowest BCUT2D eigenvalue weighted by molar-refractivity contribution is -0.132. The Morgan fingerprint density at radius 1 is 1.08 bits per heavy atom. The minimum atomic E-state index is 0.195. The topological polar surface area (TPSA) is 23.6 Å². The minimum Gasteiger partial charge on any atom is -0.334 e. The van der Waals surface area contributed by atoms with E-state index in [2.05, 4.69) is 65.3 Å². The number of benzene rings is 2. The summed E-state index contributed by atoms with van der Waals surface area (Å²) in [6.07, 6.45) is 0. The van der Waals surface area contributed by atoms with E-state index in [0.29, 0.717) is 12.0 Å². The molecular formula is C21H24N2O. The largest absolute Gasteiger partial charge is 0.334 e. The maximum absolute atomic E-state index is 12.2. The lowest BCUT2D eigenvalue weighted by Crippen LogP contribution is -2.46. The van der Waals surface area contributed by atoms with Crippen molar-refractivity contribution < 1.29 is 4.79 Å². The molecule has 124 valence electrons. The average Bonchev–Trinajstić information content (AvgIpc) is 2.99. The second kappa shape index (κ2) is 6.06. The first-order valence-electron chi connectivity index (χ1n) is 8.75. The summed E-state index contributed by atoms with van der Waals surface area (Å²) in [7, 11) is 0. The smallest absolute Gasteiger partial charge is 0.220 e. The van der Waals surface area contributed by atoms with E-state index in [-0.39, 0.29) is 5.91 Å². The van der Waals surface area contributed by atoms with Crippen molar-refractivity contribution >= 4 is 5.91 Å². The zero-order valence-electron chi connectivity index (χ0n) is 14.4. The Balaban J connectivity index is 1.64. The van der Waals surface area contributed by atoms with E-state index in [1.807, 2.05) is 0 Å². The number of rotatable bonds is 2. The predicted octanol–water partition coefficient (Wildman–Crippen LogP) is 3.33. The third kappa shape index (κ3) is 2.63. The van der Waals surface area contributed by atoms with Gasteiger partial charge in [0.1, 0.15) is 0 Å². The van der Waals surface area contributed by atoms with Gasteiger partial charge in [0, 0.05) is 39.0 Å². The highest BCUT2D eigenvalue weighted by atomic mass is 16.2. The summed E-state index contributed by atoms with van der Waals surface area (Å²) in [4.78, 5) is 16.8. The van der Waals surface area contributed by atoms with Crippen LogP contribution in [0.25, 0.3) is 0 Å². The molecule has 0 aromatic heterocycles. The first kappa shape index (κ1) is 15.4. The molecule has 1 amide bonds. The van der Waals surface area contributed by atoms with Crippen LogP contribution >= 0.6 is 0 Å². The number of carbonyl (C=O) groups excluding carboxylic acids is 1. The molecule has 0 saturated carbocycles. The van der Waals surface area contributed by atoms with Crippen LogP contribution in [-0.2, 0) is 17.9 Å². The number of carbonyl (C=O) groups is 1. The van der Waals surface area contributed by atoms with Crippen molar-refractivity contribution in [2.45, 2.75) is 38.9 Å². The highest BCUT2D eigenvalue weighted by molar-refractivity contribution is 5.74. The lowest BCUT2D eigenvalue weighted by Gasteiger charge is -2.38. The van der Waals surface area contributed by atoms with Gasteiger partial charge in [0.2, 0.25) is 5.91 Å². The molecule has 2 unspecified atom stereocenters. The van der Waals surface area contributed by atoms with Crippen molar-refractivity contribution in [2.24, 2.45) is 0 Å². The Bertz CT molecular complexity index is 756. The van der Waals surface area contributed by atoms with Crippen LogP contribution in [0.5, 0.6) is 0 Å². The van der Waals surface area contributed by atoms with Crippen LogP contribution in [-0.4, -0.2) is 34.8 Å². The number of amides is 1. The summed E-state index contributed by atoms with van der Waals surface area (Å²) < 4.78 is 0. The van der Waals surface area contributed by atoms with Gasteiger partial charge in [0.05, 0.1) is 6.04 Å². The van der Waals surface area contributed by atoms with Gasteiger partial charge in [-0.3, -0.25) is 9.69 Å². The van der Waals surface area contributed by atoms with Crippen LogP contribution in [0, 0.1) is 6.92 Å². The average molecular weight is 320 g/mol. The second-order valence-corrected chi connectivity index (χ2v) is 7.14. The fraction of sp³-hybridized carbons (Fsp3) is 0.381. The van der Waals surface area contributed by atoms with Crippen LogP contribution in [0.1, 0.15) is 35.1 Å². The highest BCUT2D eigenvalue weighted by Gasteiger charge is 2.42. The number of hydrogen-bond acceptors (Lipinski definition) is 2. The minimum absolute atomic E-state index is 0.195. The molecule has 24 heavy (non-hydrogen) atoms. The maximum Gasteiger partial charge on any atom is 0.220 e. The standard InChI is InChI=1S/C21H24N2O/c1-15-7-6-10-18-19(15)13-23(16(2)24)21-14-22(12-20(18)21)11-17-8-4-3-5-9-17/h3-10,20-21H,11-14H2,1-2H3. The summed E-state index contributed by atoms with van der Waals surface area (Å²) in [6.45, 7) is 7.58. The number of hydrogen-bond donors (Lipinski definition) is 0. The zero-order chi connectivity index (χ0) is 16.7. The second-order valence-electron chi connectivity index (χ2n) is 7.14. The van der Waals surface area contributed by atoms with E-state index in [4.69, 9.17) is 0 Å². The van der Waals surface area contributed by atoms with E-state index in [1.54, 1.807) is 6.92 Å². The van der Waals surface area contributed by atoms with E-state index in [9.17, 15) is 4.79 Å². The first-order chi connectivity index (χ1) is 11.6. The van der Waals surface area contributed by atoms with Gasteiger partial charge in [-0.25, -0.2) is 0 Å². The third-order valence-corrected chi connectivity index (χ3v) is 5.59. The van der Waals surface area contributed by atoms with Gasteiger partial charge < -0.3 is 4.90 Å². The zero-order valence-corrected chi connectivity index (χ0v) is 14.4. The Labute approximate surface area is 143 Å². The molecule has 1 fully saturated rings. The highest BCUT2D eigenvalue weighted by Crippen LogP contribution is 2.39. The molecule has 2 aromatic carbocycles. The van der Waals surface area contributed by atoms with E-state index in [0.717, 1.165) is 26.2 Å². The Hall–Kier alpha value is -2.13. The lowest BCUT2D eigenvalue weighted by atomic mass is 9.83. The first-order valence-corrected chi connectivity index (χ1v) is 8.75. The van der Waals surface area contributed by atoms with Gasteiger partial charge in [-0.2, -0.15) is 0 Å². The van der Waals surface area contributed by atoms with E-state index in [1.165, 1.54) is 22.3 Å². The molecule has 2 aliphatic heterocycles. The van der Waals surface area contributed by atoms with Crippen LogP contribution < -0.4 is 0 Å². The van der Waals surface area contributed by atoms with Crippen LogP contribution in [0.15, 0.2) is 48.5 Å². The summed E-state index contributed by atoms with van der Waals surface area (Å²) in [5.74, 6) is 0.627. The molecular weight excluding hydrogens is 296 g/mol. The van der Waals surface area contributed by atoms with Crippen LogP contribution in [0.3, 0.4) is 0 Å². The molecule has 0 bridgehead atoms. The third-order valence-electron chi connectivity index (χ3n) is 5.59. The van der Waals surface area contributed by atoms with Crippen molar-refractivity contribution in [3.05, 3.63) is 70.8 Å². The van der Waals surface area contributed by atoms with Gasteiger partial charge in [0.15, 0.2) is 0 Å². The molecule has 1 saturated heterocycles. The summed E-state index contributed by atoms with van der Waals surface area (Å²) in [5, 5.41) is 0. The van der Waals surface area contributed by atoms with Crippen molar-refractivity contribution in [2.75, 3.05) is 13.1 Å². The molecule has 2 aromatic rings. The monoisotopic (exact) mass is 320 g/mol. The molecule has 3 heteroatoms. The summed E-state index contributed by atoms with van der Waals surface area (Å²) >= 11 is 0. The van der Waals surface area contributed by atoms with Gasteiger partial charge in [0.25, 0.3) is 0 Å². The molecule has 0 radical (unpaired) electrons. The quantitative estimate of drug-likeness (QED) is 0.847. The molecule has 2 atom stereocenters. The van der Waals surface area contributed by atoms with Crippen molar-refractivity contribution in [1.29, 1.82) is 0 Å². The van der Waals surface area contributed by atoms with Crippen molar-refractivity contribution in [3.63, 3.8) is 0 Å². The number of nitrogens with zero attached hydrogens (tertiary/aromatic N) is 2. The normalized spacial score (nSPS) is 23.0. The molecule has 4 rings (SSSR count). The van der Waals surface area contributed by atoms with E-state index >= 15 is 0 Å². The van der Waals surface area contributed by atoms with Crippen molar-refractivity contribution in [1.82, 2.24) is 9.80 Å². The molecule has 2 aliphatic rings. The molecule has 0 N–H and O–H groups in total.